The van der Waals surface area contributed by atoms with E-state index in [0.717, 1.165) is 0 Å². The SMILES string of the molecule is CCCC(=O)OC(=O)CCCS. The van der Waals surface area contributed by atoms with Gasteiger partial charge in [0, 0.05) is 12.8 Å². The molecule has 0 aromatic rings. The quantitative estimate of drug-likeness (QED) is 0.406. The zero-order valence-electron chi connectivity index (χ0n) is 7.21. The van der Waals surface area contributed by atoms with Crippen LogP contribution in [0.15, 0.2) is 0 Å². The molecule has 0 unspecified atom stereocenters. The van der Waals surface area contributed by atoms with Crippen LogP contribution in [0.5, 0.6) is 0 Å². The third-order valence-corrected chi connectivity index (χ3v) is 1.54. The van der Waals surface area contributed by atoms with Crippen molar-refractivity contribution in [3.8, 4) is 0 Å². The van der Waals surface area contributed by atoms with Crippen LogP contribution in [-0.4, -0.2) is 17.7 Å². The van der Waals surface area contributed by atoms with Crippen molar-refractivity contribution in [1.82, 2.24) is 0 Å². The molecule has 0 aliphatic carbocycles. The lowest BCUT2D eigenvalue weighted by atomic mass is 10.3. The minimum absolute atomic E-state index is 0.277. The van der Waals surface area contributed by atoms with Crippen LogP contribution in [0, 0.1) is 0 Å². The van der Waals surface area contributed by atoms with Crippen molar-refractivity contribution in [3.05, 3.63) is 0 Å². The fourth-order valence-electron chi connectivity index (χ4n) is 0.657. The number of ether oxygens (including phenoxy) is 1. The Bertz CT molecular complexity index is 156. The summed E-state index contributed by atoms with van der Waals surface area (Å²) in [6.45, 7) is 1.86. The lowest BCUT2D eigenvalue weighted by Gasteiger charge is -1.99. The Morgan fingerprint density at radius 3 is 2.33 bits per heavy atom. The van der Waals surface area contributed by atoms with Gasteiger partial charge in [0.15, 0.2) is 0 Å². The van der Waals surface area contributed by atoms with Gasteiger partial charge < -0.3 is 4.74 Å². The second-order valence-electron chi connectivity index (χ2n) is 2.42. The van der Waals surface area contributed by atoms with E-state index >= 15 is 0 Å². The van der Waals surface area contributed by atoms with Crippen molar-refractivity contribution in [3.63, 3.8) is 0 Å². The third-order valence-electron chi connectivity index (χ3n) is 1.22. The molecule has 0 N–H and O–H groups in total. The summed E-state index contributed by atoms with van der Waals surface area (Å²) >= 11 is 3.93. The highest BCUT2D eigenvalue weighted by Gasteiger charge is 2.07. The molecule has 0 saturated carbocycles. The molecule has 0 spiro atoms. The van der Waals surface area contributed by atoms with Crippen LogP contribution >= 0.6 is 12.6 Å². The van der Waals surface area contributed by atoms with E-state index < -0.39 is 11.9 Å². The van der Waals surface area contributed by atoms with Crippen LogP contribution in [0.2, 0.25) is 0 Å². The van der Waals surface area contributed by atoms with Crippen molar-refractivity contribution in [2.45, 2.75) is 32.6 Å². The van der Waals surface area contributed by atoms with Crippen LogP contribution in [0.4, 0.5) is 0 Å². The normalized spacial score (nSPS) is 9.50. The molecule has 0 rings (SSSR count). The molecule has 0 aliphatic heterocycles. The second kappa shape index (κ2) is 7.16. The number of hydrogen-bond donors (Lipinski definition) is 1. The second-order valence-corrected chi connectivity index (χ2v) is 2.87. The monoisotopic (exact) mass is 190 g/mol. The van der Waals surface area contributed by atoms with Crippen LogP contribution in [0.25, 0.3) is 0 Å². The molecule has 0 saturated heterocycles. The smallest absolute Gasteiger partial charge is 0.313 e. The summed E-state index contributed by atoms with van der Waals surface area (Å²) in [6.07, 6.45) is 1.95. The molecule has 0 heterocycles. The van der Waals surface area contributed by atoms with Crippen molar-refractivity contribution in [2.75, 3.05) is 5.75 Å². The molecule has 3 nitrogen and oxygen atoms in total. The average Bonchev–Trinajstić information content (AvgIpc) is 2.01. The number of carbonyl (C=O) groups excluding carboxylic acids is 2. The molecule has 4 heteroatoms. The van der Waals surface area contributed by atoms with Gasteiger partial charge in [0.25, 0.3) is 0 Å². The van der Waals surface area contributed by atoms with E-state index in [1.54, 1.807) is 0 Å². The molecule has 12 heavy (non-hydrogen) atoms. The van der Waals surface area contributed by atoms with Crippen molar-refractivity contribution < 1.29 is 14.3 Å². The molecule has 0 aliphatic rings. The summed E-state index contributed by atoms with van der Waals surface area (Å²) in [5.74, 6) is -0.235. The van der Waals surface area contributed by atoms with Gasteiger partial charge in [-0.15, -0.1) is 0 Å². The maximum atomic E-state index is 10.8. The zero-order chi connectivity index (χ0) is 9.40. The van der Waals surface area contributed by atoms with Crippen LogP contribution < -0.4 is 0 Å². The first kappa shape index (κ1) is 11.5. The Morgan fingerprint density at radius 1 is 1.25 bits per heavy atom. The number of carbonyl (C=O) groups is 2. The molecule has 0 amide bonds. The minimum Gasteiger partial charge on any atom is -0.393 e. The number of hydrogen-bond acceptors (Lipinski definition) is 4. The van der Waals surface area contributed by atoms with Gasteiger partial charge in [0.1, 0.15) is 0 Å². The first-order chi connectivity index (χ1) is 5.70. The van der Waals surface area contributed by atoms with Crippen molar-refractivity contribution in [2.24, 2.45) is 0 Å². The summed E-state index contributed by atoms with van der Waals surface area (Å²) in [7, 11) is 0. The minimum atomic E-state index is -0.442. The van der Waals surface area contributed by atoms with E-state index in [1.807, 2.05) is 6.92 Å². The van der Waals surface area contributed by atoms with Gasteiger partial charge in [-0.25, -0.2) is 0 Å². The Kier molecular flexibility index (Phi) is 6.85. The van der Waals surface area contributed by atoms with Crippen LogP contribution in [-0.2, 0) is 14.3 Å². The van der Waals surface area contributed by atoms with Crippen molar-refractivity contribution >= 4 is 24.6 Å². The summed E-state index contributed by atoms with van der Waals surface area (Å²) in [6, 6.07) is 0. The topological polar surface area (TPSA) is 43.4 Å². The summed E-state index contributed by atoms with van der Waals surface area (Å²) in [4.78, 5) is 21.6. The van der Waals surface area contributed by atoms with Gasteiger partial charge in [-0.3, -0.25) is 9.59 Å². The molecule has 0 aromatic carbocycles. The lowest BCUT2D eigenvalue weighted by molar-refractivity contribution is -0.159. The molecule has 0 fully saturated rings. The first-order valence-corrected chi connectivity index (χ1v) is 4.68. The molecule has 0 aromatic heterocycles. The highest BCUT2D eigenvalue weighted by Crippen LogP contribution is 1.97. The fraction of sp³-hybridized carbons (Fsp3) is 0.750. The predicted octanol–water partition coefficient (Wildman–Crippen LogP) is 1.57. The van der Waals surface area contributed by atoms with E-state index in [1.165, 1.54) is 0 Å². The Balaban J connectivity index is 3.47. The van der Waals surface area contributed by atoms with E-state index in [-0.39, 0.29) is 6.42 Å². The van der Waals surface area contributed by atoms with E-state index in [2.05, 4.69) is 17.4 Å². The maximum absolute atomic E-state index is 10.8. The van der Waals surface area contributed by atoms with Gasteiger partial charge in [0.05, 0.1) is 0 Å². The molecule has 0 radical (unpaired) electrons. The number of thiol groups is 1. The molecule has 0 bridgehead atoms. The number of rotatable bonds is 5. The van der Waals surface area contributed by atoms with Gasteiger partial charge in [-0.2, -0.15) is 12.6 Å². The Hall–Kier alpha value is -0.510. The van der Waals surface area contributed by atoms with Gasteiger partial charge in [0.2, 0.25) is 0 Å². The van der Waals surface area contributed by atoms with Gasteiger partial charge in [-0.1, -0.05) is 6.92 Å². The lowest BCUT2D eigenvalue weighted by Crippen LogP contribution is -2.11. The van der Waals surface area contributed by atoms with E-state index in [4.69, 9.17) is 0 Å². The third kappa shape index (κ3) is 6.22. The molecule has 0 atom stereocenters. The largest absolute Gasteiger partial charge is 0.393 e. The Labute approximate surface area is 77.9 Å². The first-order valence-electron chi connectivity index (χ1n) is 4.05. The number of esters is 2. The fourth-order valence-corrected chi connectivity index (χ4v) is 0.815. The van der Waals surface area contributed by atoms with Crippen LogP contribution in [0.3, 0.4) is 0 Å². The zero-order valence-corrected chi connectivity index (χ0v) is 8.10. The highest BCUT2D eigenvalue weighted by atomic mass is 32.1. The van der Waals surface area contributed by atoms with E-state index in [9.17, 15) is 9.59 Å². The summed E-state index contributed by atoms with van der Waals surface area (Å²) in [5, 5.41) is 0. The van der Waals surface area contributed by atoms with E-state index in [0.29, 0.717) is 25.0 Å². The summed E-state index contributed by atoms with van der Waals surface area (Å²) < 4.78 is 4.48. The highest BCUT2D eigenvalue weighted by molar-refractivity contribution is 7.80. The molecular formula is C8H14O3S. The molecule has 70 valence electrons. The van der Waals surface area contributed by atoms with Crippen molar-refractivity contribution in [1.29, 1.82) is 0 Å². The summed E-state index contributed by atoms with van der Waals surface area (Å²) in [5.41, 5.74) is 0. The van der Waals surface area contributed by atoms with Crippen LogP contribution in [0.1, 0.15) is 32.6 Å². The predicted molar refractivity (Wildman–Crippen MR) is 49.1 cm³/mol. The average molecular weight is 190 g/mol. The molecular weight excluding hydrogens is 176 g/mol. The van der Waals surface area contributed by atoms with Gasteiger partial charge >= 0.3 is 11.9 Å². The Morgan fingerprint density at radius 2 is 1.83 bits per heavy atom. The maximum Gasteiger partial charge on any atom is 0.313 e. The standard InChI is InChI=1S/C8H14O3S/c1-2-4-7(9)11-8(10)5-3-6-12/h12H,2-6H2,1H3. The van der Waals surface area contributed by atoms with Gasteiger partial charge in [-0.05, 0) is 18.6 Å².